The van der Waals surface area contributed by atoms with Gasteiger partial charge < -0.3 is 14.8 Å². The Morgan fingerprint density at radius 1 is 1.00 bits per heavy atom. The van der Waals surface area contributed by atoms with Gasteiger partial charge in [0.2, 0.25) is 6.79 Å². The van der Waals surface area contributed by atoms with Crippen molar-refractivity contribution in [3.05, 3.63) is 78.4 Å². The summed E-state index contributed by atoms with van der Waals surface area (Å²) < 4.78 is 14.0. The summed E-state index contributed by atoms with van der Waals surface area (Å²) in [5, 5.41) is 12.7. The molecular formula is C23H17N7O3. The van der Waals surface area contributed by atoms with Crippen LogP contribution in [0.4, 0.5) is 5.82 Å². The van der Waals surface area contributed by atoms with E-state index in [1.54, 1.807) is 39.8 Å². The van der Waals surface area contributed by atoms with Gasteiger partial charge in [0, 0.05) is 11.6 Å². The van der Waals surface area contributed by atoms with Crippen LogP contribution in [0.3, 0.4) is 0 Å². The van der Waals surface area contributed by atoms with Gasteiger partial charge in [0.25, 0.3) is 5.91 Å². The number of anilines is 1. The zero-order chi connectivity index (χ0) is 22.4. The number of carbonyl (C=O) groups excluding carboxylic acids is 1. The van der Waals surface area contributed by atoms with E-state index in [-0.39, 0.29) is 12.7 Å². The monoisotopic (exact) mass is 439 g/mol. The van der Waals surface area contributed by atoms with Crippen LogP contribution < -0.4 is 14.8 Å². The van der Waals surface area contributed by atoms with Gasteiger partial charge in [0.05, 0.1) is 23.0 Å². The minimum absolute atomic E-state index is 0.146. The molecule has 0 aliphatic carbocycles. The number of fused-ring (bicyclic) bond motifs is 2. The van der Waals surface area contributed by atoms with Crippen molar-refractivity contribution in [3.8, 4) is 23.0 Å². The highest BCUT2D eigenvalue weighted by atomic mass is 16.7. The van der Waals surface area contributed by atoms with Crippen LogP contribution in [0, 0.1) is 6.92 Å². The molecule has 162 valence electrons. The molecule has 4 heterocycles. The average molecular weight is 439 g/mol. The molecule has 0 radical (unpaired) electrons. The van der Waals surface area contributed by atoms with Gasteiger partial charge in [0.1, 0.15) is 12.1 Å². The summed E-state index contributed by atoms with van der Waals surface area (Å²) in [6.45, 7) is 1.99. The Bertz CT molecular complexity index is 1510. The first-order valence-corrected chi connectivity index (χ1v) is 10.2. The maximum Gasteiger partial charge on any atom is 0.256 e. The van der Waals surface area contributed by atoms with Crippen LogP contribution in [-0.4, -0.2) is 42.2 Å². The lowest BCUT2D eigenvalue weighted by atomic mass is 10.2. The number of para-hydroxylation sites is 1. The zero-order valence-electron chi connectivity index (χ0n) is 17.5. The molecule has 10 nitrogen and oxygen atoms in total. The molecule has 1 aliphatic rings. The number of nitrogens with one attached hydrogen (secondary N) is 1. The second kappa shape index (κ2) is 7.45. The first-order valence-electron chi connectivity index (χ1n) is 10.2. The number of hydrogen-bond acceptors (Lipinski definition) is 7. The van der Waals surface area contributed by atoms with Crippen molar-refractivity contribution in [3.63, 3.8) is 0 Å². The van der Waals surface area contributed by atoms with E-state index in [1.807, 2.05) is 37.3 Å². The first-order chi connectivity index (χ1) is 16.2. The summed E-state index contributed by atoms with van der Waals surface area (Å²) in [6, 6.07) is 16.5. The number of nitrogens with zero attached hydrogens (tertiary/aromatic N) is 6. The molecule has 2 aromatic carbocycles. The summed E-state index contributed by atoms with van der Waals surface area (Å²) in [7, 11) is 0. The fourth-order valence-corrected chi connectivity index (χ4v) is 3.73. The van der Waals surface area contributed by atoms with Gasteiger partial charge >= 0.3 is 0 Å². The molecule has 1 N–H and O–H groups in total. The maximum atomic E-state index is 13.0. The van der Waals surface area contributed by atoms with Crippen LogP contribution >= 0.6 is 0 Å². The molecule has 0 saturated carbocycles. The van der Waals surface area contributed by atoms with Crippen molar-refractivity contribution in [1.29, 1.82) is 0 Å². The summed E-state index contributed by atoms with van der Waals surface area (Å²) in [4.78, 5) is 21.8. The van der Waals surface area contributed by atoms with Crippen LogP contribution in [-0.2, 0) is 0 Å². The van der Waals surface area contributed by atoms with Crippen LogP contribution in [0.25, 0.3) is 22.5 Å². The number of carbonyl (C=O) groups is 1. The van der Waals surface area contributed by atoms with Gasteiger partial charge in [0.15, 0.2) is 23.0 Å². The van der Waals surface area contributed by atoms with Crippen LogP contribution in [0.15, 0.2) is 67.1 Å². The van der Waals surface area contributed by atoms with E-state index in [1.165, 1.54) is 6.33 Å². The van der Waals surface area contributed by atoms with E-state index in [2.05, 4.69) is 25.5 Å². The third-order valence-corrected chi connectivity index (χ3v) is 5.25. The Labute approximate surface area is 187 Å². The van der Waals surface area contributed by atoms with Gasteiger partial charge in [-0.15, -0.1) is 0 Å². The Hall–Kier alpha value is -4.73. The standard InChI is InChI=1S/C23H17N7O3/c1-14-9-20(27-23(31)15-7-8-18-19(10-15)33-13-32-18)30(28-14)22-17-11-26-29(21(17)24-12-25-22)16-5-3-2-4-6-16/h2-12H,13H2,1H3,(H,27,31). The second-order valence-corrected chi connectivity index (χ2v) is 7.43. The van der Waals surface area contributed by atoms with Gasteiger partial charge in [-0.05, 0) is 37.3 Å². The molecule has 3 aromatic heterocycles. The Morgan fingerprint density at radius 2 is 1.85 bits per heavy atom. The molecule has 0 fully saturated rings. The molecule has 10 heteroatoms. The van der Waals surface area contributed by atoms with Gasteiger partial charge in [-0.3, -0.25) is 4.79 Å². The predicted octanol–water partition coefficient (Wildman–Crippen LogP) is 3.29. The van der Waals surface area contributed by atoms with Crippen LogP contribution in [0.2, 0.25) is 0 Å². The van der Waals surface area contributed by atoms with Gasteiger partial charge in [-0.2, -0.15) is 14.9 Å². The molecule has 0 saturated heterocycles. The number of rotatable bonds is 4. The van der Waals surface area contributed by atoms with Gasteiger partial charge in [-0.1, -0.05) is 18.2 Å². The lowest BCUT2D eigenvalue weighted by molar-refractivity contribution is 0.102. The molecule has 0 bridgehead atoms. The largest absolute Gasteiger partial charge is 0.454 e. The maximum absolute atomic E-state index is 13.0. The third kappa shape index (κ3) is 3.24. The molecule has 0 unspecified atom stereocenters. The van der Waals surface area contributed by atoms with Gasteiger partial charge in [-0.25, -0.2) is 14.6 Å². The van der Waals surface area contributed by atoms with E-state index in [4.69, 9.17) is 9.47 Å². The molecule has 1 aliphatic heterocycles. The smallest absolute Gasteiger partial charge is 0.256 e. The van der Waals surface area contributed by atoms with Crippen molar-refractivity contribution < 1.29 is 14.3 Å². The average Bonchev–Trinajstić information content (AvgIpc) is 3.57. The minimum Gasteiger partial charge on any atom is -0.454 e. The number of hydrogen-bond donors (Lipinski definition) is 1. The van der Waals surface area contributed by atoms with Crippen LogP contribution in [0.1, 0.15) is 16.1 Å². The summed E-state index contributed by atoms with van der Waals surface area (Å²) in [5.74, 6) is 1.84. The highest BCUT2D eigenvalue weighted by molar-refractivity contribution is 6.04. The van der Waals surface area contributed by atoms with Crippen molar-refractivity contribution in [2.75, 3.05) is 12.1 Å². The number of benzene rings is 2. The predicted molar refractivity (Wildman–Crippen MR) is 119 cm³/mol. The normalized spacial score (nSPS) is 12.3. The quantitative estimate of drug-likeness (QED) is 0.458. The summed E-state index contributed by atoms with van der Waals surface area (Å²) in [5.41, 5.74) is 2.67. The molecule has 0 spiro atoms. The van der Waals surface area contributed by atoms with E-state index in [0.29, 0.717) is 39.7 Å². The molecule has 33 heavy (non-hydrogen) atoms. The third-order valence-electron chi connectivity index (χ3n) is 5.25. The highest BCUT2D eigenvalue weighted by Gasteiger charge is 2.20. The van der Waals surface area contributed by atoms with E-state index in [0.717, 1.165) is 11.4 Å². The fraction of sp³-hybridized carbons (Fsp3) is 0.0870. The van der Waals surface area contributed by atoms with E-state index in [9.17, 15) is 4.79 Å². The molecule has 6 rings (SSSR count). The van der Waals surface area contributed by atoms with Crippen molar-refractivity contribution in [1.82, 2.24) is 29.5 Å². The van der Waals surface area contributed by atoms with E-state index >= 15 is 0 Å². The Kier molecular flexibility index (Phi) is 4.29. The molecule has 1 amide bonds. The number of ether oxygens (including phenoxy) is 2. The summed E-state index contributed by atoms with van der Waals surface area (Å²) >= 11 is 0. The molecular weight excluding hydrogens is 422 g/mol. The number of amides is 1. The lowest BCUT2D eigenvalue weighted by Crippen LogP contribution is -2.15. The highest BCUT2D eigenvalue weighted by Crippen LogP contribution is 2.33. The first kappa shape index (κ1) is 19.0. The van der Waals surface area contributed by atoms with Crippen LogP contribution in [0.5, 0.6) is 11.5 Å². The Balaban J connectivity index is 1.38. The Morgan fingerprint density at radius 3 is 2.73 bits per heavy atom. The van der Waals surface area contributed by atoms with Crippen molar-refractivity contribution in [2.45, 2.75) is 6.92 Å². The van der Waals surface area contributed by atoms with Crippen molar-refractivity contribution in [2.24, 2.45) is 0 Å². The van der Waals surface area contributed by atoms with Crippen molar-refractivity contribution >= 4 is 22.8 Å². The fourth-order valence-electron chi connectivity index (χ4n) is 3.73. The number of aryl methyl sites for hydroxylation is 1. The SMILES string of the molecule is Cc1cc(NC(=O)c2ccc3c(c2)OCO3)n(-c2ncnc3c2cnn3-c2ccccc2)n1. The summed E-state index contributed by atoms with van der Waals surface area (Å²) in [6.07, 6.45) is 3.15. The molecule has 5 aromatic rings. The lowest BCUT2D eigenvalue weighted by Gasteiger charge is -2.09. The number of aromatic nitrogens is 6. The topological polar surface area (TPSA) is 109 Å². The van der Waals surface area contributed by atoms with E-state index < -0.39 is 0 Å². The second-order valence-electron chi connectivity index (χ2n) is 7.43. The minimum atomic E-state index is -0.306. The zero-order valence-corrected chi connectivity index (χ0v) is 17.5. The molecule has 0 atom stereocenters.